The summed E-state index contributed by atoms with van der Waals surface area (Å²) in [6.07, 6.45) is 1.49. The van der Waals surface area contributed by atoms with Crippen LogP contribution in [0.2, 0.25) is 0 Å². The lowest BCUT2D eigenvalue weighted by atomic mass is 10.1. The van der Waals surface area contributed by atoms with E-state index in [9.17, 15) is 9.18 Å². The van der Waals surface area contributed by atoms with Gasteiger partial charge < -0.3 is 14.8 Å². The van der Waals surface area contributed by atoms with Gasteiger partial charge in [0, 0.05) is 23.6 Å². The van der Waals surface area contributed by atoms with Crippen LogP contribution in [-0.2, 0) is 6.54 Å². The molecule has 3 rings (SSSR count). The number of ether oxygens (including phenoxy) is 2. The highest BCUT2D eigenvalue weighted by Gasteiger charge is 2.18. The summed E-state index contributed by atoms with van der Waals surface area (Å²) >= 11 is 3.16. The molecule has 0 radical (unpaired) electrons. The first-order chi connectivity index (χ1) is 12.0. The Morgan fingerprint density at radius 2 is 2.12 bits per heavy atom. The third-order valence-electron chi connectivity index (χ3n) is 3.80. The number of H-pyrrole nitrogens is 1. The number of nitrogens with zero attached hydrogens (tertiary/aromatic N) is 1. The summed E-state index contributed by atoms with van der Waals surface area (Å²) in [6, 6.07) is 6.69. The number of carbonyl (C=O) groups excluding carboxylic acids is 1. The van der Waals surface area contributed by atoms with Crippen LogP contribution in [0, 0.1) is 5.82 Å². The van der Waals surface area contributed by atoms with Crippen LogP contribution in [0.25, 0.3) is 10.9 Å². The molecule has 2 aromatic carbocycles. The van der Waals surface area contributed by atoms with Crippen molar-refractivity contribution in [3.8, 4) is 11.5 Å². The molecule has 1 aromatic heterocycles. The molecule has 0 fully saturated rings. The molecule has 1 amide bonds. The number of aromatic nitrogens is 2. The van der Waals surface area contributed by atoms with E-state index in [1.807, 2.05) is 0 Å². The monoisotopic (exact) mass is 407 g/mol. The molecule has 0 aliphatic heterocycles. The molecule has 0 aliphatic rings. The third-order valence-corrected chi connectivity index (χ3v) is 4.58. The van der Waals surface area contributed by atoms with E-state index in [2.05, 4.69) is 31.4 Å². The summed E-state index contributed by atoms with van der Waals surface area (Å²) in [7, 11) is 3.09. The first-order valence-electron chi connectivity index (χ1n) is 7.35. The Bertz CT molecular complexity index is 942. The molecule has 8 heteroatoms. The smallest absolute Gasteiger partial charge is 0.254 e. The van der Waals surface area contributed by atoms with Crippen molar-refractivity contribution in [1.29, 1.82) is 0 Å². The van der Waals surface area contributed by atoms with E-state index in [4.69, 9.17) is 9.47 Å². The van der Waals surface area contributed by atoms with Crippen LogP contribution in [-0.4, -0.2) is 30.3 Å². The molecule has 0 unspecified atom stereocenters. The Hall–Kier alpha value is -2.61. The minimum absolute atomic E-state index is 0.0731. The zero-order valence-electron chi connectivity index (χ0n) is 13.5. The van der Waals surface area contributed by atoms with E-state index in [1.165, 1.54) is 19.4 Å². The molecule has 0 aliphatic carbocycles. The first kappa shape index (κ1) is 17.2. The number of hydrogen-bond donors (Lipinski definition) is 2. The predicted octanol–water partition coefficient (Wildman–Crippen LogP) is 3.41. The van der Waals surface area contributed by atoms with Crippen LogP contribution in [0.4, 0.5) is 4.39 Å². The lowest BCUT2D eigenvalue weighted by Gasteiger charge is -2.12. The minimum atomic E-state index is -0.631. The zero-order valence-corrected chi connectivity index (χ0v) is 15.1. The highest BCUT2D eigenvalue weighted by Crippen LogP contribution is 2.29. The number of amides is 1. The highest BCUT2D eigenvalue weighted by molar-refractivity contribution is 9.10. The quantitative estimate of drug-likeness (QED) is 0.679. The number of nitrogens with one attached hydrogen (secondary N) is 2. The highest BCUT2D eigenvalue weighted by atomic mass is 79.9. The number of hydrogen-bond acceptors (Lipinski definition) is 4. The van der Waals surface area contributed by atoms with Crippen LogP contribution >= 0.6 is 15.9 Å². The average molecular weight is 408 g/mol. The Balaban J connectivity index is 1.83. The third kappa shape index (κ3) is 3.30. The van der Waals surface area contributed by atoms with E-state index < -0.39 is 11.7 Å². The zero-order chi connectivity index (χ0) is 18.0. The Labute approximate surface area is 151 Å². The number of benzene rings is 2. The molecular formula is C17H15BrFN3O3. The standard InChI is InChI=1S/C17H15BrFN3O3/c1-24-10-4-3-9(14(5-10)25-2)7-20-17(23)11-6-13-12(8-21-22-13)15(18)16(11)19/h3-6,8H,7H2,1-2H3,(H,20,23)(H,21,22). The van der Waals surface area contributed by atoms with Gasteiger partial charge in [0.05, 0.1) is 36.0 Å². The van der Waals surface area contributed by atoms with Crippen molar-refractivity contribution in [3.05, 3.63) is 51.9 Å². The fourth-order valence-electron chi connectivity index (χ4n) is 2.46. The van der Waals surface area contributed by atoms with E-state index in [1.54, 1.807) is 25.3 Å². The molecule has 0 bridgehead atoms. The number of halogens is 2. The fourth-order valence-corrected chi connectivity index (χ4v) is 2.99. The average Bonchev–Trinajstić information content (AvgIpc) is 3.11. The van der Waals surface area contributed by atoms with E-state index in [0.717, 1.165) is 5.56 Å². The van der Waals surface area contributed by atoms with Crippen LogP contribution < -0.4 is 14.8 Å². The van der Waals surface area contributed by atoms with Crippen molar-refractivity contribution >= 4 is 32.7 Å². The second kappa shape index (κ2) is 7.10. The molecule has 1 heterocycles. The molecule has 3 aromatic rings. The topological polar surface area (TPSA) is 76.2 Å². The van der Waals surface area contributed by atoms with Gasteiger partial charge in [-0.3, -0.25) is 9.89 Å². The van der Waals surface area contributed by atoms with Crippen LogP contribution in [0.15, 0.2) is 34.9 Å². The molecule has 6 nitrogen and oxygen atoms in total. The summed E-state index contributed by atoms with van der Waals surface area (Å²) in [5, 5.41) is 9.85. The van der Waals surface area contributed by atoms with E-state index in [0.29, 0.717) is 22.4 Å². The Kier molecular flexibility index (Phi) is 4.89. The molecule has 0 spiro atoms. The van der Waals surface area contributed by atoms with Crippen molar-refractivity contribution in [2.75, 3.05) is 14.2 Å². The van der Waals surface area contributed by atoms with Gasteiger partial charge in [0.2, 0.25) is 0 Å². The lowest BCUT2D eigenvalue weighted by Crippen LogP contribution is -2.24. The maximum absolute atomic E-state index is 14.4. The van der Waals surface area contributed by atoms with Gasteiger partial charge >= 0.3 is 0 Å². The Morgan fingerprint density at radius 3 is 2.84 bits per heavy atom. The minimum Gasteiger partial charge on any atom is -0.497 e. The second-order valence-electron chi connectivity index (χ2n) is 5.24. The normalized spacial score (nSPS) is 10.7. The molecule has 130 valence electrons. The second-order valence-corrected chi connectivity index (χ2v) is 6.04. The van der Waals surface area contributed by atoms with Crippen LogP contribution in [0.5, 0.6) is 11.5 Å². The van der Waals surface area contributed by atoms with E-state index >= 15 is 0 Å². The summed E-state index contributed by atoms with van der Waals surface area (Å²) in [6.45, 7) is 0.185. The van der Waals surface area contributed by atoms with Crippen molar-refractivity contribution in [3.63, 3.8) is 0 Å². The predicted molar refractivity (Wildman–Crippen MR) is 94.5 cm³/mol. The van der Waals surface area contributed by atoms with Gasteiger partial charge in [-0.15, -0.1) is 0 Å². The first-order valence-corrected chi connectivity index (χ1v) is 8.14. The van der Waals surface area contributed by atoms with Gasteiger partial charge in [-0.2, -0.15) is 5.10 Å². The molecule has 0 saturated heterocycles. The maximum atomic E-state index is 14.4. The molecule has 25 heavy (non-hydrogen) atoms. The summed E-state index contributed by atoms with van der Waals surface area (Å²) < 4.78 is 25.1. The molecule has 0 atom stereocenters. The van der Waals surface area contributed by atoms with Crippen LogP contribution in [0.3, 0.4) is 0 Å². The summed E-state index contributed by atoms with van der Waals surface area (Å²) in [5.74, 6) is 0.0533. The van der Waals surface area contributed by atoms with Crippen molar-refractivity contribution in [2.24, 2.45) is 0 Å². The lowest BCUT2D eigenvalue weighted by molar-refractivity contribution is 0.0946. The van der Waals surface area contributed by atoms with Gasteiger partial charge in [-0.1, -0.05) is 0 Å². The van der Waals surface area contributed by atoms with Gasteiger partial charge in [-0.05, 0) is 34.1 Å². The Morgan fingerprint density at radius 1 is 1.32 bits per heavy atom. The van der Waals surface area contributed by atoms with Crippen LogP contribution in [0.1, 0.15) is 15.9 Å². The number of rotatable bonds is 5. The van der Waals surface area contributed by atoms with Gasteiger partial charge in [0.25, 0.3) is 5.91 Å². The largest absolute Gasteiger partial charge is 0.497 e. The maximum Gasteiger partial charge on any atom is 0.254 e. The fraction of sp³-hybridized carbons (Fsp3) is 0.176. The van der Waals surface area contributed by atoms with Gasteiger partial charge in [0.15, 0.2) is 5.82 Å². The van der Waals surface area contributed by atoms with Crippen molar-refractivity contribution in [2.45, 2.75) is 6.54 Å². The molecule has 0 saturated carbocycles. The number of carbonyl (C=O) groups is 1. The van der Waals surface area contributed by atoms with Gasteiger partial charge in [-0.25, -0.2) is 4.39 Å². The van der Waals surface area contributed by atoms with Gasteiger partial charge in [0.1, 0.15) is 11.5 Å². The molecular weight excluding hydrogens is 393 g/mol. The number of methoxy groups -OCH3 is 2. The SMILES string of the molecule is COc1ccc(CNC(=O)c2cc3[nH]ncc3c(Br)c2F)c(OC)c1. The van der Waals surface area contributed by atoms with E-state index in [-0.39, 0.29) is 16.6 Å². The summed E-state index contributed by atoms with van der Waals surface area (Å²) in [5.41, 5.74) is 1.25. The summed E-state index contributed by atoms with van der Waals surface area (Å²) in [4.78, 5) is 12.4. The molecule has 2 N–H and O–H groups in total. The van der Waals surface area contributed by atoms with Crippen molar-refractivity contribution in [1.82, 2.24) is 15.5 Å². The number of aromatic amines is 1. The van der Waals surface area contributed by atoms with Crippen molar-refractivity contribution < 1.29 is 18.7 Å². The number of fused-ring (bicyclic) bond motifs is 1.